The van der Waals surface area contributed by atoms with Crippen LogP contribution >= 0.6 is 0 Å². The van der Waals surface area contributed by atoms with E-state index >= 15 is 0 Å². The second kappa shape index (κ2) is 3.80. The maximum absolute atomic E-state index is 11.9. The molecule has 0 atom stereocenters. The lowest BCUT2D eigenvalue weighted by molar-refractivity contribution is -0.385. The van der Waals surface area contributed by atoms with Crippen LogP contribution in [-0.2, 0) is 6.42 Å². The molecule has 0 aliphatic heterocycles. The molecule has 0 aliphatic carbocycles. The molecule has 1 aromatic carbocycles. The number of halogens is 1. The summed E-state index contributed by atoms with van der Waals surface area (Å²) in [4.78, 5) is 9.80. The van der Waals surface area contributed by atoms with Gasteiger partial charge in [-0.2, -0.15) is 0 Å². The Morgan fingerprint density at radius 3 is 3.00 bits per heavy atom. The van der Waals surface area contributed by atoms with E-state index in [9.17, 15) is 14.5 Å². The van der Waals surface area contributed by atoms with Crippen LogP contribution in [0, 0.1) is 16.2 Å². The Labute approximate surface area is 69.0 Å². The molecule has 1 aromatic rings. The van der Waals surface area contributed by atoms with Crippen LogP contribution in [0.15, 0.2) is 18.2 Å². The van der Waals surface area contributed by atoms with Gasteiger partial charge in [-0.1, -0.05) is 12.1 Å². The van der Waals surface area contributed by atoms with Crippen molar-refractivity contribution in [3.8, 4) is 0 Å². The highest BCUT2D eigenvalue weighted by Crippen LogP contribution is 2.16. The summed E-state index contributed by atoms with van der Waals surface area (Å²) in [6, 6.07) is 7.04. The van der Waals surface area contributed by atoms with Gasteiger partial charge in [0.05, 0.1) is 17.7 Å². The molecule has 0 bridgehead atoms. The van der Waals surface area contributed by atoms with Crippen molar-refractivity contribution in [1.82, 2.24) is 0 Å². The van der Waals surface area contributed by atoms with Gasteiger partial charge < -0.3 is 0 Å². The topological polar surface area (TPSA) is 43.1 Å². The molecule has 0 heterocycles. The SMILES string of the molecule is O=[N+]([O-])c1[c]cccc1CCF. The van der Waals surface area contributed by atoms with Crippen molar-refractivity contribution in [2.24, 2.45) is 0 Å². The van der Waals surface area contributed by atoms with Crippen molar-refractivity contribution in [1.29, 1.82) is 0 Å². The van der Waals surface area contributed by atoms with Crippen molar-refractivity contribution >= 4 is 5.69 Å². The van der Waals surface area contributed by atoms with Crippen LogP contribution in [0.25, 0.3) is 0 Å². The molecular formula is C8H7FNO2. The van der Waals surface area contributed by atoms with Crippen LogP contribution in [-0.4, -0.2) is 11.6 Å². The number of hydrogen-bond donors (Lipinski definition) is 0. The predicted octanol–water partition coefficient (Wildman–Crippen LogP) is 1.91. The first-order valence-electron chi connectivity index (χ1n) is 3.45. The van der Waals surface area contributed by atoms with Crippen LogP contribution < -0.4 is 0 Å². The van der Waals surface area contributed by atoms with Crippen LogP contribution in [0.2, 0.25) is 0 Å². The van der Waals surface area contributed by atoms with E-state index in [4.69, 9.17) is 0 Å². The van der Waals surface area contributed by atoms with Crippen LogP contribution in [0.5, 0.6) is 0 Å². The first-order valence-corrected chi connectivity index (χ1v) is 3.45. The van der Waals surface area contributed by atoms with Crippen molar-refractivity contribution in [2.45, 2.75) is 6.42 Å². The summed E-state index contributed by atoms with van der Waals surface area (Å²) in [6.45, 7) is -0.585. The molecular weight excluding hydrogens is 161 g/mol. The summed E-state index contributed by atoms with van der Waals surface area (Å²) < 4.78 is 11.9. The predicted molar refractivity (Wildman–Crippen MR) is 41.6 cm³/mol. The van der Waals surface area contributed by atoms with E-state index in [1.165, 1.54) is 12.1 Å². The number of nitro benzene ring substituents is 1. The second-order valence-electron chi connectivity index (χ2n) is 2.24. The maximum Gasteiger partial charge on any atom is 0.280 e. The van der Waals surface area contributed by atoms with E-state index in [0.717, 1.165) is 0 Å². The molecule has 0 unspecified atom stereocenters. The minimum atomic E-state index is -0.585. The van der Waals surface area contributed by atoms with E-state index in [1.54, 1.807) is 6.07 Å². The van der Waals surface area contributed by atoms with E-state index in [1.807, 2.05) is 0 Å². The quantitative estimate of drug-likeness (QED) is 0.511. The molecule has 63 valence electrons. The van der Waals surface area contributed by atoms with Gasteiger partial charge in [0.25, 0.3) is 5.69 Å². The molecule has 0 saturated carbocycles. The summed E-state index contributed by atoms with van der Waals surface area (Å²) in [7, 11) is 0. The molecule has 0 N–H and O–H groups in total. The van der Waals surface area contributed by atoms with Crippen molar-refractivity contribution in [2.75, 3.05) is 6.67 Å². The molecule has 1 rings (SSSR count). The van der Waals surface area contributed by atoms with Crippen LogP contribution in [0.1, 0.15) is 5.56 Å². The van der Waals surface area contributed by atoms with E-state index in [-0.39, 0.29) is 12.1 Å². The molecule has 0 saturated heterocycles. The van der Waals surface area contributed by atoms with Gasteiger partial charge in [0.2, 0.25) is 0 Å². The number of alkyl halides is 1. The van der Waals surface area contributed by atoms with Gasteiger partial charge in [0, 0.05) is 12.0 Å². The lowest BCUT2D eigenvalue weighted by Crippen LogP contribution is -1.96. The Balaban J connectivity index is 3.00. The third kappa shape index (κ3) is 1.78. The average Bonchev–Trinajstić information content (AvgIpc) is 2.05. The second-order valence-corrected chi connectivity index (χ2v) is 2.24. The molecule has 12 heavy (non-hydrogen) atoms. The van der Waals surface area contributed by atoms with Gasteiger partial charge in [-0.25, -0.2) is 0 Å². The zero-order valence-corrected chi connectivity index (χ0v) is 6.29. The van der Waals surface area contributed by atoms with Crippen LogP contribution in [0.4, 0.5) is 10.1 Å². The third-order valence-corrected chi connectivity index (χ3v) is 1.46. The minimum absolute atomic E-state index is 0.0770. The van der Waals surface area contributed by atoms with Gasteiger partial charge in [-0.05, 0) is 6.07 Å². The fourth-order valence-electron chi connectivity index (χ4n) is 0.936. The summed E-state index contributed by atoms with van der Waals surface area (Å²) in [5.41, 5.74) is 0.264. The summed E-state index contributed by atoms with van der Waals surface area (Å²) in [5, 5.41) is 10.3. The number of aryl methyl sites for hydroxylation is 1. The average molecular weight is 168 g/mol. The van der Waals surface area contributed by atoms with E-state index in [2.05, 4.69) is 6.07 Å². The van der Waals surface area contributed by atoms with Crippen molar-refractivity contribution < 1.29 is 9.31 Å². The minimum Gasteiger partial charge on any atom is -0.258 e. The number of hydrogen-bond acceptors (Lipinski definition) is 2. The highest BCUT2D eigenvalue weighted by molar-refractivity contribution is 5.38. The summed E-state index contributed by atoms with van der Waals surface area (Å²) in [6.07, 6.45) is 0.0770. The van der Waals surface area contributed by atoms with Gasteiger partial charge >= 0.3 is 0 Å². The molecule has 0 spiro atoms. The Morgan fingerprint density at radius 1 is 1.67 bits per heavy atom. The Kier molecular flexibility index (Phi) is 2.74. The maximum atomic E-state index is 11.9. The first-order chi connectivity index (χ1) is 5.75. The number of benzene rings is 1. The number of nitro groups is 1. The number of nitrogens with zero attached hydrogens (tertiary/aromatic N) is 1. The standard InChI is InChI=1S/C8H7FNO2/c9-6-5-7-3-1-2-4-8(7)10(11)12/h1-3H,5-6H2. The summed E-state index contributed by atoms with van der Waals surface area (Å²) >= 11 is 0. The summed E-state index contributed by atoms with van der Waals surface area (Å²) in [5.74, 6) is 0. The molecule has 3 nitrogen and oxygen atoms in total. The number of para-hydroxylation sites is 1. The smallest absolute Gasteiger partial charge is 0.258 e. The van der Waals surface area contributed by atoms with Gasteiger partial charge in [-0.15, -0.1) is 0 Å². The number of rotatable bonds is 3. The lowest BCUT2D eigenvalue weighted by atomic mass is 10.1. The highest BCUT2D eigenvalue weighted by atomic mass is 19.1. The normalized spacial score (nSPS) is 9.75. The molecule has 0 amide bonds. The highest BCUT2D eigenvalue weighted by Gasteiger charge is 2.11. The Bertz CT molecular complexity index is 288. The molecule has 4 heteroatoms. The van der Waals surface area contributed by atoms with Gasteiger partial charge in [-0.3, -0.25) is 14.5 Å². The molecule has 1 radical (unpaired) electrons. The van der Waals surface area contributed by atoms with E-state index < -0.39 is 11.6 Å². The molecule has 0 aliphatic rings. The van der Waals surface area contributed by atoms with Crippen molar-refractivity contribution in [3.05, 3.63) is 39.9 Å². The largest absolute Gasteiger partial charge is 0.280 e. The Hall–Kier alpha value is -1.45. The third-order valence-electron chi connectivity index (χ3n) is 1.46. The van der Waals surface area contributed by atoms with Gasteiger partial charge in [0.15, 0.2) is 0 Å². The molecule has 0 fully saturated rings. The zero-order valence-electron chi connectivity index (χ0n) is 6.29. The first kappa shape index (κ1) is 8.64. The lowest BCUT2D eigenvalue weighted by Gasteiger charge is -1.97. The fourth-order valence-corrected chi connectivity index (χ4v) is 0.936. The van der Waals surface area contributed by atoms with Crippen molar-refractivity contribution in [3.63, 3.8) is 0 Å². The van der Waals surface area contributed by atoms with E-state index in [0.29, 0.717) is 5.56 Å². The monoisotopic (exact) mass is 168 g/mol. The Morgan fingerprint density at radius 2 is 2.42 bits per heavy atom. The van der Waals surface area contributed by atoms with Crippen LogP contribution in [0.3, 0.4) is 0 Å². The fraction of sp³-hybridized carbons (Fsp3) is 0.250. The van der Waals surface area contributed by atoms with Gasteiger partial charge in [0.1, 0.15) is 0 Å². The molecule has 0 aromatic heterocycles. The zero-order chi connectivity index (χ0) is 8.97.